The van der Waals surface area contributed by atoms with Crippen molar-refractivity contribution in [3.63, 3.8) is 0 Å². The third-order valence-corrected chi connectivity index (χ3v) is 0. The van der Waals surface area contributed by atoms with Crippen LogP contribution in [0.3, 0.4) is 0 Å². The van der Waals surface area contributed by atoms with Crippen molar-refractivity contribution in [2.75, 3.05) is 0 Å². The van der Waals surface area contributed by atoms with Crippen molar-refractivity contribution >= 4 is 0 Å². The Morgan fingerprint density at radius 2 is 0.316 bits per heavy atom. The monoisotopic (exact) mass is 313 g/mol. The van der Waals surface area contributed by atoms with E-state index in [1.165, 1.54) is 0 Å². The lowest BCUT2D eigenvalue weighted by molar-refractivity contribution is -0.0678. The summed E-state index contributed by atoms with van der Waals surface area (Å²) in [7, 11) is 0. The van der Waals surface area contributed by atoms with Crippen molar-refractivity contribution in [2.45, 2.75) is 0 Å². The molecule has 0 atom stereocenters. The van der Waals surface area contributed by atoms with Gasteiger partial charge >= 0.3 is 0 Å². The molecule has 0 fully saturated rings. The van der Waals surface area contributed by atoms with Crippen LogP contribution in [0.5, 0.6) is 0 Å². The predicted octanol–water partition coefficient (Wildman–Crippen LogP) is -5.97. The van der Waals surface area contributed by atoms with Crippen molar-refractivity contribution in [1.29, 1.82) is 0 Å². The van der Waals surface area contributed by atoms with Gasteiger partial charge < -0.3 is 41.7 Å². The molecular weight excluding hydrogens is 286 g/mol. The van der Waals surface area contributed by atoms with Gasteiger partial charge in [0.1, 0.15) is 0 Å². The van der Waals surface area contributed by atoms with Crippen molar-refractivity contribution in [2.24, 2.45) is 47.2 Å². The quantitative estimate of drug-likeness (QED) is 0.185. The lowest BCUT2D eigenvalue weighted by atomic mass is 13.3. The zero-order valence-electron chi connectivity index (χ0n) is 9.59. The van der Waals surface area contributed by atoms with E-state index in [0.29, 0.717) is 0 Å². The normalized spacial score (nSPS) is 3.47. The molecule has 0 unspecified atom stereocenters. The van der Waals surface area contributed by atoms with E-state index in [1.54, 1.807) is 0 Å². The molecule has 0 rings (SSSR count). The zero-order valence-corrected chi connectivity index (χ0v) is 9.59. The van der Waals surface area contributed by atoms with Crippen molar-refractivity contribution < 1.29 is 52.1 Å². The Labute approximate surface area is 106 Å². The van der Waals surface area contributed by atoms with E-state index >= 15 is 0 Å². The van der Waals surface area contributed by atoms with Crippen LogP contribution in [0.1, 0.15) is 0 Å². The van der Waals surface area contributed by atoms with Gasteiger partial charge in [0.05, 0.1) is 0 Å². The van der Waals surface area contributed by atoms with Crippen molar-refractivity contribution in [1.82, 2.24) is 5.64 Å². The largest absolute Gasteiger partial charge is 0.320 e. The van der Waals surface area contributed by atoms with Gasteiger partial charge in [0.15, 0.2) is 0 Å². The molecule has 19 nitrogen and oxygen atoms in total. The second kappa shape index (κ2) is 78900. The summed E-state index contributed by atoms with van der Waals surface area (Å²) in [5.41, 5.74) is 0.750. The van der Waals surface area contributed by atoms with Gasteiger partial charge in [-0.25, -0.2) is 47.2 Å². The number of nitrogens with one attached hydrogen (secondary N) is 1. The summed E-state index contributed by atoms with van der Waals surface area (Å²) in [6.45, 7) is 0. The first-order valence-electron chi connectivity index (χ1n) is 2.51. The molecule has 19 heavy (non-hydrogen) atoms. The average Bonchev–Trinajstić information content (AvgIpc) is 2.62. The van der Waals surface area contributed by atoms with E-state index < -0.39 is 0 Å². The maximum atomic E-state index is 6.88. The minimum Gasteiger partial charge on any atom is -0.320 e. The summed E-state index contributed by atoms with van der Waals surface area (Å²) in [6, 6.07) is 0. The van der Waals surface area contributed by atoms with Crippen LogP contribution in [0.4, 0.5) is 0 Å². The fourth-order valence-electron chi connectivity index (χ4n) is 0. The molecule has 0 aliphatic carbocycles. The van der Waals surface area contributed by atoms with Crippen LogP contribution in [-0.2, 0) is 0 Å². The first-order chi connectivity index (χ1) is 9.41. The minimum atomic E-state index is 0.750. The van der Waals surface area contributed by atoms with Crippen LogP contribution in [0.2, 0.25) is 0 Å². The molecule has 0 radical (unpaired) electrons. The van der Waals surface area contributed by atoms with Crippen molar-refractivity contribution in [3.8, 4) is 0 Å². The number of nitrogens with two attached hydrogens (primary N) is 8. The fourth-order valence-corrected chi connectivity index (χ4v) is 0. The Balaban J connectivity index is -0.00000000851. The highest BCUT2D eigenvalue weighted by atomic mass is 16.7. The number of hydrogen-bond donors (Lipinski definition) is 19. The molecule has 0 heterocycles. The smallest absolute Gasteiger partial charge is 0.0853 e. The van der Waals surface area contributed by atoms with Crippen molar-refractivity contribution in [3.05, 3.63) is 0 Å². The summed E-state index contributed by atoms with van der Waals surface area (Å²) in [5, 5.41) is 65.8. The topological polar surface area (TPSA) is 422 Å². The van der Waals surface area contributed by atoms with E-state index in [0.717, 1.165) is 5.64 Å². The van der Waals surface area contributed by atoms with Gasteiger partial charge in [-0.3, -0.25) is 10.4 Å². The second-order valence-corrected chi connectivity index (χ2v) is 0.100. The summed E-state index contributed by atoms with van der Waals surface area (Å²) in [5.74, 6) is 28.0. The minimum absolute atomic E-state index is 0.750. The van der Waals surface area contributed by atoms with Crippen LogP contribution in [-0.4, -0.2) is 52.1 Å². The average molecular weight is 313 g/mol. The van der Waals surface area contributed by atoms with Crippen LogP contribution >= 0.6 is 0 Å². The highest BCUT2D eigenvalue weighted by Crippen LogP contribution is 0.931. The molecule has 0 saturated heterocycles. The number of hydrogen-bond acceptors (Lipinski definition) is 19. The maximum absolute atomic E-state index is 6.88. The number of rotatable bonds is 0. The molecule has 0 spiro atoms. The Morgan fingerprint density at radius 3 is 0.316 bits per heavy atom. The van der Waals surface area contributed by atoms with Crippen LogP contribution in [0, 0.1) is 0 Å². The second-order valence-electron chi connectivity index (χ2n) is 0.100. The van der Waals surface area contributed by atoms with Gasteiger partial charge in [0, 0.05) is 0 Å². The molecule has 0 aliphatic heterocycles. The highest BCUT2D eigenvalue weighted by Gasteiger charge is 1.23. The summed E-state index contributed by atoms with van der Waals surface area (Å²) >= 11 is 0. The van der Waals surface area contributed by atoms with Crippen LogP contribution < -0.4 is 52.8 Å². The molecule has 0 saturated carbocycles. The molecule has 19 heteroatoms. The first-order valence-corrected chi connectivity index (χ1v) is 2.51. The molecule has 0 aromatic rings. The molecule has 0 aliphatic rings. The molecule has 0 amide bonds. The SMILES string of the molecule is NO.NO.NO.NO.NO.NO.NO.NO.ONO. The van der Waals surface area contributed by atoms with E-state index in [2.05, 4.69) is 47.2 Å². The summed E-state index contributed by atoms with van der Waals surface area (Å²) < 4.78 is 0. The van der Waals surface area contributed by atoms with Crippen LogP contribution in [0.15, 0.2) is 0 Å². The zero-order chi connectivity index (χ0) is 18.7. The Morgan fingerprint density at radius 1 is 0.316 bits per heavy atom. The Hall–Kier alpha value is -0.760. The summed E-state index contributed by atoms with van der Waals surface area (Å²) in [4.78, 5) is 0. The van der Waals surface area contributed by atoms with Gasteiger partial charge in [-0.15, -0.1) is 0 Å². The Kier molecular flexibility index (Phi) is 264000. The van der Waals surface area contributed by atoms with Crippen LogP contribution in [0.25, 0.3) is 0 Å². The lowest BCUT2D eigenvalue weighted by Gasteiger charge is -1.61. The molecular formula is H27N9O10. The van der Waals surface area contributed by atoms with Gasteiger partial charge in [0.2, 0.25) is 0 Å². The van der Waals surface area contributed by atoms with E-state index in [-0.39, 0.29) is 0 Å². The lowest BCUT2D eigenvalue weighted by Crippen LogP contribution is -1.93. The molecule has 132 valence electrons. The van der Waals surface area contributed by atoms with Gasteiger partial charge in [-0.05, 0) is 0 Å². The van der Waals surface area contributed by atoms with Gasteiger partial charge in [-0.1, -0.05) is 5.64 Å². The third-order valence-electron chi connectivity index (χ3n) is 0. The van der Waals surface area contributed by atoms with Gasteiger partial charge in [-0.2, -0.15) is 0 Å². The molecule has 27 N–H and O–H groups in total. The third kappa shape index (κ3) is 6930. The predicted molar refractivity (Wildman–Crippen MR) is 54.5 cm³/mol. The van der Waals surface area contributed by atoms with E-state index in [4.69, 9.17) is 52.1 Å². The van der Waals surface area contributed by atoms with E-state index in [9.17, 15) is 0 Å². The fraction of sp³-hybridized carbons (Fsp3) is 0. The standard InChI is InChI=1S/H3NO2.8H3NO/c2-1-3;8*1-2/h1-3H;8*2H,1H2. The summed E-state index contributed by atoms with van der Waals surface area (Å²) in [6.07, 6.45) is 0. The molecule has 0 bridgehead atoms. The first kappa shape index (κ1) is 63.5. The molecule has 0 aromatic heterocycles. The Bertz CT molecular complexity index is 19.0. The maximum Gasteiger partial charge on any atom is -0.0853 e. The molecule has 0 aromatic carbocycles. The van der Waals surface area contributed by atoms with Gasteiger partial charge in [0.25, 0.3) is 0 Å². The van der Waals surface area contributed by atoms with E-state index in [1.807, 2.05) is 0 Å². The highest BCUT2D eigenvalue weighted by molar-refractivity contribution is 3.07.